The van der Waals surface area contributed by atoms with Crippen molar-refractivity contribution in [3.05, 3.63) is 77.5 Å². The molecule has 4 rings (SSSR count). The predicted octanol–water partition coefficient (Wildman–Crippen LogP) is 5.71. The molecule has 0 bridgehead atoms. The number of hydrogen-bond acceptors (Lipinski definition) is 4. The summed E-state index contributed by atoms with van der Waals surface area (Å²) < 4.78 is 7.05. The van der Waals surface area contributed by atoms with Gasteiger partial charge in [0.2, 0.25) is 5.91 Å². The van der Waals surface area contributed by atoms with Gasteiger partial charge in [0, 0.05) is 25.5 Å². The highest BCUT2D eigenvalue weighted by molar-refractivity contribution is 7.18. The monoisotopic (exact) mass is 390 g/mol. The third kappa shape index (κ3) is 3.85. The minimum Gasteiger partial charge on any atom is -0.461 e. The van der Waals surface area contributed by atoms with Crippen LogP contribution >= 0.6 is 11.3 Å². The molecule has 0 aliphatic carbocycles. The van der Waals surface area contributed by atoms with Crippen LogP contribution in [0.2, 0.25) is 0 Å². The Morgan fingerprint density at radius 3 is 2.61 bits per heavy atom. The molecule has 4 nitrogen and oxygen atoms in total. The Kier molecular flexibility index (Phi) is 5.26. The molecule has 0 fully saturated rings. The lowest BCUT2D eigenvalue weighted by atomic mass is 10.2. The highest BCUT2D eigenvalue weighted by Gasteiger charge is 2.21. The smallest absolute Gasteiger partial charge is 0.223 e. The van der Waals surface area contributed by atoms with Crippen LogP contribution in [0.4, 0.5) is 0 Å². The summed E-state index contributed by atoms with van der Waals surface area (Å²) >= 11 is 1.64. The van der Waals surface area contributed by atoms with Crippen molar-refractivity contribution < 1.29 is 9.21 Å². The first-order valence-electron chi connectivity index (χ1n) is 9.37. The molecule has 0 aliphatic heterocycles. The predicted molar refractivity (Wildman–Crippen MR) is 113 cm³/mol. The van der Waals surface area contributed by atoms with Gasteiger partial charge in [0.15, 0.2) is 0 Å². The highest BCUT2D eigenvalue weighted by Crippen LogP contribution is 2.29. The Hall–Kier alpha value is -2.92. The number of furan rings is 1. The first-order chi connectivity index (χ1) is 13.6. The van der Waals surface area contributed by atoms with Gasteiger partial charge in [-0.2, -0.15) is 0 Å². The first-order valence-corrected chi connectivity index (χ1v) is 10.2. The molecular formula is C23H22N2O2S. The van der Waals surface area contributed by atoms with Gasteiger partial charge in [-0.15, -0.1) is 11.3 Å². The molecule has 5 heteroatoms. The summed E-state index contributed by atoms with van der Waals surface area (Å²) in [4.78, 5) is 19.1. The van der Waals surface area contributed by atoms with Crippen LogP contribution in [0.25, 0.3) is 21.5 Å². The van der Waals surface area contributed by atoms with Gasteiger partial charge < -0.3 is 9.32 Å². The van der Waals surface area contributed by atoms with E-state index in [2.05, 4.69) is 11.1 Å². The van der Waals surface area contributed by atoms with Crippen molar-refractivity contribution in [2.45, 2.75) is 25.8 Å². The zero-order valence-electron chi connectivity index (χ0n) is 16.0. The number of aromatic nitrogens is 1. The van der Waals surface area contributed by atoms with E-state index in [1.807, 2.05) is 74.6 Å². The molecule has 0 spiro atoms. The Balaban J connectivity index is 1.38. The quantitative estimate of drug-likeness (QED) is 0.424. The van der Waals surface area contributed by atoms with Crippen molar-refractivity contribution in [2.24, 2.45) is 0 Å². The number of amides is 1. The summed E-state index contributed by atoms with van der Waals surface area (Å²) in [5, 5.41) is 0.960. The van der Waals surface area contributed by atoms with Gasteiger partial charge in [-0.3, -0.25) is 4.79 Å². The van der Waals surface area contributed by atoms with Crippen molar-refractivity contribution in [3.8, 4) is 11.3 Å². The van der Waals surface area contributed by atoms with Crippen LogP contribution in [0.5, 0.6) is 0 Å². The standard InChI is InChI=1S/C23H22N2O2S/c1-16(23-24-19-10-6-7-11-21(19)28-23)25(2)22(26)15-13-18-12-14-20(27-18)17-8-4-3-5-9-17/h3-12,14,16H,13,15H2,1-2H3/t16-/m0/s1. The van der Waals surface area contributed by atoms with Gasteiger partial charge >= 0.3 is 0 Å². The van der Waals surface area contributed by atoms with Gasteiger partial charge in [-0.05, 0) is 31.2 Å². The van der Waals surface area contributed by atoms with E-state index in [-0.39, 0.29) is 11.9 Å². The molecule has 0 radical (unpaired) electrons. The van der Waals surface area contributed by atoms with E-state index in [1.165, 1.54) is 0 Å². The molecule has 0 aliphatic rings. The van der Waals surface area contributed by atoms with Gasteiger partial charge in [-0.1, -0.05) is 42.5 Å². The second kappa shape index (κ2) is 7.98. The molecule has 0 saturated carbocycles. The molecule has 4 aromatic rings. The van der Waals surface area contributed by atoms with Gasteiger partial charge in [0.05, 0.1) is 16.3 Å². The van der Waals surface area contributed by atoms with Crippen molar-refractivity contribution in [2.75, 3.05) is 7.05 Å². The highest BCUT2D eigenvalue weighted by atomic mass is 32.1. The molecular weight excluding hydrogens is 368 g/mol. The molecule has 142 valence electrons. The van der Waals surface area contributed by atoms with E-state index in [1.54, 1.807) is 16.2 Å². The van der Waals surface area contributed by atoms with Crippen molar-refractivity contribution >= 4 is 27.5 Å². The second-order valence-electron chi connectivity index (χ2n) is 6.83. The fourth-order valence-corrected chi connectivity index (χ4v) is 4.19. The maximum atomic E-state index is 12.7. The van der Waals surface area contributed by atoms with Crippen LogP contribution < -0.4 is 0 Å². The number of para-hydroxylation sites is 1. The lowest BCUT2D eigenvalue weighted by Crippen LogP contribution is -2.29. The maximum Gasteiger partial charge on any atom is 0.223 e. The number of hydrogen-bond donors (Lipinski definition) is 0. The molecule has 28 heavy (non-hydrogen) atoms. The molecule has 2 aromatic heterocycles. The second-order valence-corrected chi connectivity index (χ2v) is 7.89. The van der Waals surface area contributed by atoms with Crippen molar-refractivity contribution in [3.63, 3.8) is 0 Å². The van der Waals surface area contributed by atoms with Crippen molar-refractivity contribution in [1.82, 2.24) is 9.88 Å². The van der Waals surface area contributed by atoms with Crippen LogP contribution in [0.3, 0.4) is 0 Å². The minimum absolute atomic E-state index is 0.0543. The zero-order chi connectivity index (χ0) is 19.5. The van der Waals surface area contributed by atoms with E-state index in [0.717, 1.165) is 32.3 Å². The third-order valence-electron chi connectivity index (χ3n) is 4.95. The van der Waals surface area contributed by atoms with E-state index < -0.39 is 0 Å². The summed E-state index contributed by atoms with van der Waals surface area (Å²) in [6.45, 7) is 2.02. The van der Waals surface area contributed by atoms with Crippen LogP contribution in [-0.4, -0.2) is 22.8 Å². The van der Waals surface area contributed by atoms with Gasteiger partial charge in [0.1, 0.15) is 16.5 Å². The molecule has 0 N–H and O–H groups in total. The van der Waals surface area contributed by atoms with Gasteiger partial charge in [-0.25, -0.2) is 4.98 Å². The summed E-state index contributed by atoms with van der Waals surface area (Å²) in [7, 11) is 1.84. The van der Waals surface area contributed by atoms with E-state index in [9.17, 15) is 4.79 Å². The SMILES string of the molecule is C[C@@H](c1nc2ccccc2s1)N(C)C(=O)CCc1ccc(-c2ccccc2)o1. The first kappa shape index (κ1) is 18.4. The Labute approximate surface area is 168 Å². The largest absolute Gasteiger partial charge is 0.461 e. The molecule has 1 atom stereocenters. The van der Waals surface area contributed by atoms with Crippen LogP contribution in [0, 0.1) is 0 Å². The summed E-state index contributed by atoms with van der Waals surface area (Å²) in [5.41, 5.74) is 2.03. The summed E-state index contributed by atoms with van der Waals surface area (Å²) in [6, 6.07) is 21.9. The summed E-state index contributed by atoms with van der Waals surface area (Å²) in [5.74, 6) is 1.75. The number of rotatable bonds is 6. The molecule has 2 aromatic carbocycles. The molecule has 0 saturated heterocycles. The molecule has 0 unspecified atom stereocenters. The minimum atomic E-state index is -0.0543. The Bertz CT molecular complexity index is 1050. The summed E-state index contributed by atoms with van der Waals surface area (Å²) in [6.07, 6.45) is 0.996. The van der Waals surface area contributed by atoms with E-state index in [0.29, 0.717) is 12.8 Å². The Morgan fingerprint density at radius 1 is 1.07 bits per heavy atom. The van der Waals surface area contributed by atoms with Crippen molar-refractivity contribution in [1.29, 1.82) is 0 Å². The lowest BCUT2D eigenvalue weighted by Gasteiger charge is -2.23. The maximum absolute atomic E-state index is 12.7. The average Bonchev–Trinajstić information content (AvgIpc) is 3.38. The van der Waals surface area contributed by atoms with Crippen LogP contribution in [0.15, 0.2) is 71.1 Å². The normalized spacial score (nSPS) is 12.2. The van der Waals surface area contributed by atoms with Gasteiger partial charge in [0.25, 0.3) is 0 Å². The number of thiazole rings is 1. The van der Waals surface area contributed by atoms with Crippen LogP contribution in [0.1, 0.15) is 30.2 Å². The van der Waals surface area contributed by atoms with E-state index in [4.69, 9.17) is 4.42 Å². The average molecular weight is 391 g/mol. The molecule has 1 amide bonds. The Morgan fingerprint density at radius 2 is 1.82 bits per heavy atom. The number of carbonyl (C=O) groups is 1. The molecule has 2 heterocycles. The van der Waals surface area contributed by atoms with Crippen LogP contribution in [-0.2, 0) is 11.2 Å². The third-order valence-corrected chi connectivity index (χ3v) is 6.15. The number of fused-ring (bicyclic) bond motifs is 1. The van der Waals surface area contributed by atoms with E-state index >= 15 is 0 Å². The number of nitrogens with zero attached hydrogens (tertiary/aromatic N) is 2. The zero-order valence-corrected chi connectivity index (χ0v) is 16.8. The fraction of sp³-hybridized carbons (Fsp3) is 0.217. The fourth-order valence-electron chi connectivity index (χ4n) is 3.13. The lowest BCUT2D eigenvalue weighted by molar-refractivity contribution is -0.131. The number of benzene rings is 2. The topological polar surface area (TPSA) is 46.3 Å². The number of aryl methyl sites for hydroxylation is 1. The number of carbonyl (C=O) groups excluding carboxylic acids is 1.